The van der Waals surface area contributed by atoms with Crippen LogP contribution in [0.5, 0.6) is 5.75 Å². The molecule has 234 valence electrons. The molecule has 0 bridgehead atoms. The molecular formula is C29H31ClF3N7O4. The number of carbonyl (C=O) groups is 3. The van der Waals surface area contributed by atoms with Crippen LogP contribution in [0.1, 0.15) is 11.1 Å². The van der Waals surface area contributed by atoms with Crippen LogP contribution in [0.15, 0.2) is 77.9 Å². The van der Waals surface area contributed by atoms with Gasteiger partial charge in [0.15, 0.2) is 0 Å². The van der Waals surface area contributed by atoms with E-state index in [0.29, 0.717) is 43.1 Å². The molecule has 0 unspecified atom stereocenters. The summed E-state index contributed by atoms with van der Waals surface area (Å²) in [5.41, 5.74) is 2.94. The van der Waals surface area contributed by atoms with Gasteiger partial charge in [-0.3, -0.25) is 19.4 Å². The van der Waals surface area contributed by atoms with Crippen LogP contribution in [0, 0.1) is 0 Å². The monoisotopic (exact) mass is 633 g/mol. The number of nitrogens with zero attached hydrogens (tertiary/aromatic N) is 3. The third-order valence-corrected chi connectivity index (χ3v) is 6.40. The van der Waals surface area contributed by atoms with Gasteiger partial charge in [0.2, 0.25) is 5.91 Å². The fraction of sp³-hybridized carbons (Fsp3) is 0.241. The van der Waals surface area contributed by atoms with Crippen molar-refractivity contribution in [2.75, 3.05) is 55.2 Å². The Morgan fingerprint density at radius 2 is 1.34 bits per heavy atom. The Kier molecular flexibility index (Phi) is 12.1. The quantitative estimate of drug-likeness (QED) is 0.177. The van der Waals surface area contributed by atoms with E-state index in [1.54, 1.807) is 42.5 Å². The molecule has 0 radical (unpaired) electrons. The number of carbonyl (C=O) groups excluding carboxylic acids is 3. The highest BCUT2D eigenvalue weighted by Crippen LogP contribution is 2.30. The number of alkyl halides is 3. The molecular weight excluding hydrogens is 603 g/mol. The average Bonchev–Trinajstić information content (AvgIpc) is 2.96. The number of hydrogen-bond donors (Lipinski definition) is 5. The maximum absolute atomic E-state index is 12.9. The smallest absolute Gasteiger partial charge is 0.416 e. The number of benzene rings is 3. The maximum atomic E-state index is 12.9. The van der Waals surface area contributed by atoms with E-state index in [1.807, 2.05) is 9.80 Å². The third-order valence-electron chi connectivity index (χ3n) is 6.40. The summed E-state index contributed by atoms with van der Waals surface area (Å²) in [6.07, 6.45) is -3.15. The zero-order valence-corrected chi connectivity index (χ0v) is 24.1. The molecule has 1 heterocycles. The van der Waals surface area contributed by atoms with Crippen LogP contribution >= 0.6 is 12.4 Å². The molecule has 0 aliphatic carbocycles. The number of anilines is 3. The first kappa shape index (κ1) is 33.8. The fourth-order valence-corrected chi connectivity index (χ4v) is 4.22. The van der Waals surface area contributed by atoms with Crippen molar-refractivity contribution in [1.29, 1.82) is 0 Å². The highest BCUT2D eigenvalue weighted by atomic mass is 35.5. The molecule has 0 saturated carbocycles. The minimum Gasteiger partial charge on any atom is -0.507 e. The lowest BCUT2D eigenvalue weighted by Crippen LogP contribution is -2.50. The number of phenols is 1. The first-order valence-electron chi connectivity index (χ1n) is 13.2. The highest BCUT2D eigenvalue weighted by Gasteiger charge is 2.30. The molecule has 0 atom stereocenters. The second kappa shape index (κ2) is 15.7. The second-order valence-corrected chi connectivity index (χ2v) is 9.69. The molecule has 44 heavy (non-hydrogen) atoms. The number of piperazine rings is 1. The lowest BCUT2D eigenvalue weighted by molar-refractivity contribution is -0.137. The molecule has 4 amide bonds. The Hall–Kier alpha value is -4.66. The Labute approximate surface area is 257 Å². The molecule has 1 fully saturated rings. The standard InChI is InChI=1S/C29H30F3N7O4.ClH/c30-29(31,32)21-5-3-6-24(16-21)36-28(43)35-23-10-8-22(9-11-23)34-26(41)18-38-12-14-39(15-13-38)19-27(42)37-33-17-20-4-1-2-7-25(20)40;/h1-11,16-17,40H,12-15,18-19H2,(H,34,41)(H,37,42)(H2,35,36,43);1H/b33-17+;. The van der Waals surface area contributed by atoms with Crippen LogP contribution < -0.4 is 21.4 Å². The SMILES string of the molecule is Cl.O=C(CN1CCN(CC(=O)Nc2ccc(NC(=O)Nc3cccc(C(F)(F)F)c3)cc2)CC1)N/N=C/c1ccccc1O. The van der Waals surface area contributed by atoms with Crippen molar-refractivity contribution in [1.82, 2.24) is 15.2 Å². The van der Waals surface area contributed by atoms with Crippen LogP contribution in [-0.2, 0) is 15.8 Å². The van der Waals surface area contributed by atoms with Gasteiger partial charge in [-0.05, 0) is 54.6 Å². The summed E-state index contributed by atoms with van der Waals surface area (Å²) in [7, 11) is 0. The van der Waals surface area contributed by atoms with Gasteiger partial charge in [0.1, 0.15) is 5.75 Å². The van der Waals surface area contributed by atoms with Crippen LogP contribution in [0.4, 0.5) is 35.0 Å². The third kappa shape index (κ3) is 10.6. The molecule has 1 aliphatic rings. The number of nitrogens with one attached hydrogen (secondary N) is 4. The van der Waals surface area contributed by atoms with E-state index in [4.69, 9.17) is 0 Å². The van der Waals surface area contributed by atoms with Crippen LogP contribution in [0.2, 0.25) is 0 Å². The van der Waals surface area contributed by atoms with E-state index in [-0.39, 0.29) is 48.7 Å². The minimum atomic E-state index is -4.52. The van der Waals surface area contributed by atoms with Gasteiger partial charge in [0.25, 0.3) is 5.91 Å². The minimum absolute atomic E-state index is 0. The van der Waals surface area contributed by atoms with E-state index < -0.39 is 17.8 Å². The molecule has 1 saturated heterocycles. The first-order chi connectivity index (χ1) is 20.5. The predicted octanol–water partition coefficient (Wildman–Crippen LogP) is 4.18. The molecule has 0 aromatic heterocycles. The molecule has 3 aromatic carbocycles. The number of para-hydroxylation sites is 1. The summed E-state index contributed by atoms with van der Waals surface area (Å²) in [5.74, 6) is -0.453. The zero-order chi connectivity index (χ0) is 30.8. The highest BCUT2D eigenvalue weighted by molar-refractivity contribution is 6.00. The second-order valence-electron chi connectivity index (χ2n) is 9.69. The van der Waals surface area contributed by atoms with Crippen LogP contribution in [-0.4, -0.2) is 78.2 Å². The molecule has 3 aromatic rings. The molecule has 4 rings (SSSR count). The van der Waals surface area contributed by atoms with Gasteiger partial charge in [-0.2, -0.15) is 18.3 Å². The topological polar surface area (TPSA) is 138 Å². The largest absolute Gasteiger partial charge is 0.507 e. The zero-order valence-electron chi connectivity index (χ0n) is 23.3. The summed E-state index contributed by atoms with van der Waals surface area (Å²) >= 11 is 0. The van der Waals surface area contributed by atoms with Gasteiger partial charge in [0, 0.05) is 48.8 Å². The van der Waals surface area contributed by atoms with Crippen LogP contribution in [0.3, 0.4) is 0 Å². The van der Waals surface area contributed by atoms with Crippen molar-refractivity contribution in [3.8, 4) is 5.75 Å². The van der Waals surface area contributed by atoms with Crippen molar-refractivity contribution in [3.63, 3.8) is 0 Å². The molecule has 15 heteroatoms. The van der Waals surface area contributed by atoms with E-state index in [9.17, 15) is 32.7 Å². The van der Waals surface area contributed by atoms with Crippen molar-refractivity contribution < 1.29 is 32.7 Å². The maximum Gasteiger partial charge on any atom is 0.416 e. The van der Waals surface area contributed by atoms with E-state index in [0.717, 1.165) is 12.1 Å². The summed E-state index contributed by atoms with van der Waals surface area (Å²) < 4.78 is 38.6. The number of aromatic hydroxyl groups is 1. The first-order valence-corrected chi connectivity index (χ1v) is 13.2. The number of hydrazone groups is 1. The number of rotatable bonds is 9. The number of hydrogen-bond acceptors (Lipinski definition) is 7. The number of urea groups is 1. The number of amides is 4. The molecule has 11 nitrogen and oxygen atoms in total. The van der Waals surface area contributed by atoms with Gasteiger partial charge in [-0.25, -0.2) is 10.2 Å². The van der Waals surface area contributed by atoms with Crippen molar-refractivity contribution in [3.05, 3.63) is 83.9 Å². The normalized spacial score (nSPS) is 14.0. The molecule has 1 aliphatic heterocycles. The van der Waals surface area contributed by atoms with Crippen LogP contribution in [0.25, 0.3) is 0 Å². The lowest BCUT2D eigenvalue weighted by Gasteiger charge is -2.33. The van der Waals surface area contributed by atoms with Gasteiger partial charge in [0.05, 0.1) is 24.9 Å². The van der Waals surface area contributed by atoms with E-state index >= 15 is 0 Å². The van der Waals surface area contributed by atoms with E-state index in [1.165, 1.54) is 24.4 Å². The van der Waals surface area contributed by atoms with Gasteiger partial charge < -0.3 is 21.1 Å². The summed E-state index contributed by atoms with van der Waals surface area (Å²) in [6.45, 7) is 2.66. The number of phenolic OH excluding ortho intramolecular Hbond substituents is 1. The summed E-state index contributed by atoms with van der Waals surface area (Å²) in [4.78, 5) is 40.8. The van der Waals surface area contributed by atoms with Crippen molar-refractivity contribution in [2.24, 2.45) is 5.10 Å². The predicted molar refractivity (Wildman–Crippen MR) is 163 cm³/mol. The van der Waals surface area contributed by atoms with Gasteiger partial charge in [-0.15, -0.1) is 12.4 Å². The Morgan fingerprint density at radius 3 is 1.95 bits per heavy atom. The Morgan fingerprint density at radius 1 is 0.773 bits per heavy atom. The Bertz CT molecular complexity index is 1460. The number of halogens is 4. The molecule has 5 N–H and O–H groups in total. The lowest BCUT2D eigenvalue weighted by atomic mass is 10.2. The van der Waals surface area contributed by atoms with Gasteiger partial charge in [-0.1, -0.05) is 18.2 Å². The van der Waals surface area contributed by atoms with Crippen molar-refractivity contribution in [2.45, 2.75) is 6.18 Å². The summed E-state index contributed by atoms with van der Waals surface area (Å²) in [6, 6.07) is 16.5. The van der Waals surface area contributed by atoms with Crippen molar-refractivity contribution >= 4 is 53.5 Å². The fourth-order valence-electron chi connectivity index (χ4n) is 4.22. The van der Waals surface area contributed by atoms with E-state index in [2.05, 4.69) is 26.5 Å². The van der Waals surface area contributed by atoms with Gasteiger partial charge >= 0.3 is 12.2 Å². The average molecular weight is 634 g/mol. The Balaban J connectivity index is 0.00000529. The molecule has 0 spiro atoms. The summed E-state index contributed by atoms with van der Waals surface area (Å²) in [5, 5.41) is 21.3.